The molecule has 78 valence electrons. The molecule has 1 unspecified atom stereocenters. The van der Waals surface area contributed by atoms with Gasteiger partial charge in [0.2, 0.25) is 0 Å². The van der Waals surface area contributed by atoms with E-state index < -0.39 is 0 Å². The lowest BCUT2D eigenvalue weighted by molar-refractivity contribution is 0.249. The first kappa shape index (κ1) is 11.5. The molecule has 0 aliphatic heterocycles. The molecule has 2 heteroatoms. The van der Waals surface area contributed by atoms with E-state index >= 15 is 0 Å². The van der Waals surface area contributed by atoms with Crippen molar-refractivity contribution in [3.8, 4) is 0 Å². The molecular weight excluding hydrogens is 196 g/mol. The summed E-state index contributed by atoms with van der Waals surface area (Å²) < 4.78 is 0. The third-order valence-corrected chi connectivity index (χ3v) is 2.53. The van der Waals surface area contributed by atoms with Gasteiger partial charge in [-0.3, -0.25) is 0 Å². The zero-order valence-electron chi connectivity index (χ0n) is 8.70. The minimum absolute atomic E-state index is 0.193. The van der Waals surface area contributed by atoms with Gasteiger partial charge in [0, 0.05) is 17.5 Å². The number of aliphatic hydroxyl groups is 1. The Morgan fingerprint density at radius 1 is 1.36 bits per heavy atom. The topological polar surface area (TPSA) is 20.2 Å². The maximum Gasteiger partial charge on any atom is 0.0499 e. The molecule has 0 fully saturated rings. The van der Waals surface area contributed by atoms with Gasteiger partial charge in [0.25, 0.3) is 0 Å². The average molecular weight is 213 g/mol. The quantitative estimate of drug-likeness (QED) is 0.811. The summed E-state index contributed by atoms with van der Waals surface area (Å²) in [6.07, 6.45) is 0.997. The van der Waals surface area contributed by atoms with Crippen LogP contribution < -0.4 is 0 Å². The van der Waals surface area contributed by atoms with Gasteiger partial charge < -0.3 is 5.11 Å². The molecule has 0 saturated heterocycles. The Kier molecular flexibility index (Phi) is 4.43. The van der Waals surface area contributed by atoms with Gasteiger partial charge in [-0.25, -0.2) is 0 Å². The van der Waals surface area contributed by atoms with Gasteiger partial charge in [-0.1, -0.05) is 37.6 Å². The van der Waals surface area contributed by atoms with Crippen LogP contribution in [0.5, 0.6) is 0 Å². The molecule has 1 nitrogen and oxygen atoms in total. The lowest BCUT2D eigenvalue weighted by atomic mass is 9.91. The predicted molar refractivity (Wildman–Crippen MR) is 60.7 cm³/mol. The van der Waals surface area contributed by atoms with Gasteiger partial charge in [-0.2, -0.15) is 0 Å². The highest BCUT2D eigenvalue weighted by Crippen LogP contribution is 2.25. The summed E-state index contributed by atoms with van der Waals surface area (Å²) in [7, 11) is 0. The van der Waals surface area contributed by atoms with Crippen LogP contribution in [-0.4, -0.2) is 11.7 Å². The van der Waals surface area contributed by atoms with E-state index in [-0.39, 0.29) is 12.5 Å². The first-order valence-electron chi connectivity index (χ1n) is 4.99. The molecule has 1 aromatic rings. The number of halogens is 1. The van der Waals surface area contributed by atoms with E-state index in [2.05, 4.69) is 13.8 Å². The fraction of sp³-hybridized carbons (Fsp3) is 0.500. The zero-order valence-corrected chi connectivity index (χ0v) is 9.46. The Hall–Kier alpha value is -0.530. The van der Waals surface area contributed by atoms with E-state index in [0.717, 1.165) is 17.0 Å². The minimum Gasteiger partial charge on any atom is -0.396 e. The summed E-state index contributed by atoms with van der Waals surface area (Å²) >= 11 is 5.90. The monoisotopic (exact) mass is 212 g/mol. The molecule has 1 N–H and O–H groups in total. The van der Waals surface area contributed by atoms with Crippen LogP contribution in [0.1, 0.15) is 31.7 Å². The highest BCUT2D eigenvalue weighted by molar-refractivity contribution is 6.30. The van der Waals surface area contributed by atoms with E-state index in [1.54, 1.807) is 0 Å². The maximum absolute atomic E-state index is 9.28. The molecule has 0 aromatic heterocycles. The minimum atomic E-state index is 0.193. The fourth-order valence-corrected chi connectivity index (χ4v) is 1.84. The fourth-order valence-electron chi connectivity index (χ4n) is 1.65. The van der Waals surface area contributed by atoms with Crippen LogP contribution in [0.2, 0.25) is 5.02 Å². The third kappa shape index (κ3) is 3.32. The maximum atomic E-state index is 9.28. The number of hydrogen-bond acceptors (Lipinski definition) is 1. The molecule has 0 aliphatic rings. The molecule has 0 radical (unpaired) electrons. The highest BCUT2D eigenvalue weighted by atomic mass is 35.5. The lowest BCUT2D eigenvalue weighted by Gasteiger charge is -2.16. The molecule has 1 aromatic carbocycles. The van der Waals surface area contributed by atoms with Gasteiger partial charge in [0.05, 0.1) is 0 Å². The first-order valence-corrected chi connectivity index (χ1v) is 5.37. The Morgan fingerprint density at radius 3 is 2.57 bits per heavy atom. The lowest BCUT2D eigenvalue weighted by Crippen LogP contribution is -2.07. The second-order valence-corrected chi connectivity index (χ2v) is 4.50. The smallest absolute Gasteiger partial charge is 0.0499 e. The molecule has 14 heavy (non-hydrogen) atoms. The van der Waals surface area contributed by atoms with E-state index in [0.29, 0.717) is 5.92 Å². The summed E-state index contributed by atoms with van der Waals surface area (Å²) in [5, 5.41) is 10.0. The van der Waals surface area contributed by atoms with Crippen molar-refractivity contribution >= 4 is 11.6 Å². The van der Waals surface area contributed by atoms with E-state index in [4.69, 9.17) is 11.6 Å². The van der Waals surface area contributed by atoms with E-state index in [1.165, 1.54) is 0 Å². The molecular formula is C12H17ClO. The summed E-state index contributed by atoms with van der Waals surface area (Å²) in [5.41, 5.74) is 1.13. The number of aliphatic hydroxyl groups excluding tert-OH is 1. The standard InChI is InChI=1S/C12H17ClO/c1-9(2)6-11(8-14)10-4-3-5-12(13)7-10/h3-5,7,9,11,14H,6,8H2,1-2H3. The third-order valence-electron chi connectivity index (χ3n) is 2.30. The van der Waals surface area contributed by atoms with Crippen LogP contribution in [0.4, 0.5) is 0 Å². The van der Waals surface area contributed by atoms with Crippen molar-refractivity contribution in [2.24, 2.45) is 5.92 Å². The summed E-state index contributed by atoms with van der Waals surface area (Å²) in [6.45, 7) is 4.51. The number of benzene rings is 1. The van der Waals surface area contributed by atoms with E-state index in [1.807, 2.05) is 24.3 Å². The number of hydrogen-bond donors (Lipinski definition) is 1. The average Bonchev–Trinajstić information content (AvgIpc) is 2.14. The highest BCUT2D eigenvalue weighted by Gasteiger charge is 2.12. The van der Waals surface area contributed by atoms with Crippen molar-refractivity contribution in [2.75, 3.05) is 6.61 Å². The second kappa shape index (κ2) is 5.38. The van der Waals surface area contributed by atoms with Gasteiger partial charge in [-0.15, -0.1) is 0 Å². The van der Waals surface area contributed by atoms with Crippen LogP contribution in [0.25, 0.3) is 0 Å². The Bertz CT molecular complexity index is 283. The van der Waals surface area contributed by atoms with Gasteiger partial charge in [0.15, 0.2) is 0 Å². The van der Waals surface area contributed by atoms with Crippen LogP contribution in [0.15, 0.2) is 24.3 Å². The van der Waals surface area contributed by atoms with Crippen LogP contribution in [-0.2, 0) is 0 Å². The molecule has 0 aliphatic carbocycles. The predicted octanol–water partition coefficient (Wildman–Crippen LogP) is 3.46. The van der Waals surface area contributed by atoms with Crippen LogP contribution >= 0.6 is 11.6 Å². The van der Waals surface area contributed by atoms with Crippen molar-refractivity contribution in [2.45, 2.75) is 26.2 Å². The van der Waals surface area contributed by atoms with Crippen molar-refractivity contribution in [3.05, 3.63) is 34.9 Å². The van der Waals surface area contributed by atoms with Crippen LogP contribution in [0.3, 0.4) is 0 Å². The Morgan fingerprint density at radius 2 is 2.07 bits per heavy atom. The number of rotatable bonds is 4. The Balaban J connectivity index is 2.78. The van der Waals surface area contributed by atoms with Crippen molar-refractivity contribution in [1.29, 1.82) is 0 Å². The summed E-state index contributed by atoms with van der Waals surface area (Å²) in [6, 6.07) is 7.75. The van der Waals surface area contributed by atoms with E-state index in [9.17, 15) is 5.11 Å². The first-order chi connectivity index (χ1) is 6.63. The molecule has 0 heterocycles. The second-order valence-electron chi connectivity index (χ2n) is 4.06. The van der Waals surface area contributed by atoms with Crippen molar-refractivity contribution in [1.82, 2.24) is 0 Å². The van der Waals surface area contributed by atoms with Gasteiger partial charge in [0.1, 0.15) is 0 Å². The zero-order chi connectivity index (χ0) is 10.6. The Labute approximate surface area is 90.7 Å². The largest absolute Gasteiger partial charge is 0.396 e. The van der Waals surface area contributed by atoms with Gasteiger partial charge in [-0.05, 0) is 30.0 Å². The molecule has 0 bridgehead atoms. The summed E-state index contributed by atoms with van der Waals surface area (Å²) in [5.74, 6) is 0.805. The normalized spacial score (nSPS) is 13.2. The van der Waals surface area contributed by atoms with Crippen molar-refractivity contribution < 1.29 is 5.11 Å². The molecule has 1 atom stereocenters. The molecule has 1 rings (SSSR count). The summed E-state index contributed by atoms with van der Waals surface area (Å²) in [4.78, 5) is 0. The van der Waals surface area contributed by atoms with Crippen molar-refractivity contribution in [3.63, 3.8) is 0 Å². The molecule has 0 amide bonds. The van der Waals surface area contributed by atoms with Crippen LogP contribution in [0, 0.1) is 5.92 Å². The molecule has 0 saturated carbocycles. The molecule has 0 spiro atoms. The SMILES string of the molecule is CC(C)CC(CO)c1cccc(Cl)c1. The van der Waals surface area contributed by atoms with Gasteiger partial charge >= 0.3 is 0 Å².